The summed E-state index contributed by atoms with van der Waals surface area (Å²) in [6, 6.07) is 9.05. The molecule has 0 aliphatic heterocycles. The van der Waals surface area contributed by atoms with Gasteiger partial charge in [0.1, 0.15) is 11.6 Å². The molecular weight excluding hydrogens is 252 g/mol. The summed E-state index contributed by atoms with van der Waals surface area (Å²) in [4.78, 5) is 9.98. The Balaban J connectivity index is 2.20. The first kappa shape index (κ1) is 12.9. The average molecular weight is 261 g/mol. The molecule has 0 aromatic heterocycles. The molecule has 3 nitrogen and oxygen atoms in total. The monoisotopic (exact) mass is 261 g/mol. The molecule has 96 valence electrons. The van der Waals surface area contributed by atoms with Crippen molar-refractivity contribution >= 4 is 17.8 Å². The van der Waals surface area contributed by atoms with Gasteiger partial charge in [-0.05, 0) is 35.4 Å². The number of non-ortho nitro benzene ring substituents is 1. The molecule has 0 heterocycles. The van der Waals surface area contributed by atoms with Crippen molar-refractivity contribution in [2.24, 2.45) is 0 Å². The van der Waals surface area contributed by atoms with Gasteiger partial charge in [-0.3, -0.25) is 10.1 Å². The fourth-order valence-corrected chi connectivity index (χ4v) is 1.57. The Morgan fingerprint density at radius 1 is 0.895 bits per heavy atom. The minimum Gasteiger partial charge on any atom is -0.258 e. The molecule has 0 aliphatic rings. The van der Waals surface area contributed by atoms with Crippen molar-refractivity contribution in [3.05, 3.63) is 75.3 Å². The Hall–Kier alpha value is -2.56. The molecule has 2 aromatic carbocycles. The van der Waals surface area contributed by atoms with Gasteiger partial charge in [-0.25, -0.2) is 8.78 Å². The molecule has 0 N–H and O–H groups in total. The van der Waals surface area contributed by atoms with E-state index >= 15 is 0 Å². The van der Waals surface area contributed by atoms with E-state index in [1.165, 1.54) is 30.3 Å². The predicted molar refractivity (Wildman–Crippen MR) is 68.4 cm³/mol. The molecule has 0 unspecified atom stereocenters. The molecule has 0 atom stereocenters. The van der Waals surface area contributed by atoms with Crippen molar-refractivity contribution in [3.8, 4) is 0 Å². The number of rotatable bonds is 3. The number of nitrogens with zero attached hydrogens (tertiary/aromatic N) is 1. The molecular formula is C14H9F2NO2. The van der Waals surface area contributed by atoms with Crippen molar-refractivity contribution < 1.29 is 13.7 Å². The topological polar surface area (TPSA) is 43.1 Å². The fourth-order valence-electron chi connectivity index (χ4n) is 1.57. The molecule has 0 saturated heterocycles. The van der Waals surface area contributed by atoms with Crippen LogP contribution in [0.15, 0.2) is 42.5 Å². The van der Waals surface area contributed by atoms with Gasteiger partial charge in [-0.1, -0.05) is 12.2 Å². The lowest BCUT2D eigenvalue weighted by Gasteiger charge is -1.96. The van der Waals surface area contributed by atoms with Gasteiger partial charge in [0.2, 0.25) is 0 Å². The van der Waals surface area contributed by atoms with Gasteiger partial charge in [-0.2, -0.15) is 0 Å². The maximum atomic E-state index is 12.9. The minimum atomic E-state index is -0.650. The van der Waals surface area contributed by atoms with Crippen molar-refractivity contribution in [1.82, 2.24) is 0 Å². The van der Waals surface area contributed by atoms with Crippen molar-refractivity contribution in [2.45, 2.75) is 0 Å². The van der Waals surface area contributed by atoms with Crippen LogP contribution in [0.4, 0.5) is 14.5 Å². The third-order valence-corrected chi connectivity index (χ3v) is 2.46. The maximum absolute atomic E-state index is 12.9. The summed E-state index contributed by atoms with van der Waals surface area (Å²) in [7, 11) is 0. The highest BCUT2D eigenvalue weighted by Crippen LogP contribution is 2.15. The second-order valence-electron chi connectivity index (χ2n) is 3.88. The highest BCUT2D eigenvalue weighted by atomic mass is 19.1. The number of halogens is 2. The Labute approximate surface area is 108 Å². The van der Waals surface area contributed by atoms with Gasteiger partial charge >= 0.3 is 0 Å². The summed E-state index contributed by atoms with van der Waals surface area (Å²) >= 11 is 0. The summed E-state index contributed by atoms with van der Waals surface area (Å²) in [5, 5.41) is 10.5. The van der Waals surface area contributed by atoms with Crippen LogP contribution in [0.3, 0.4) is 0 Å². The standard InChI is InChI=1S/C14H9F2NO2/c15-12-7-11(8-13(16)9-12)2-1-10-3-5-14(6-4-10)17(18)19/h1-9H. The molecule has 0 spiro atoms. The Kier molecular flexibility index (Phi) is 3.66. The van der Waals surface area contributed by atoms with E-state index < -0.39 is 16.6 Å². The Morgan fingerprint density at radius 2 is 1.42 bits per heavy atom. The molecule has 0 fully saturated rings. The third-order valence-electron chi connectivity index (χ3n) is 2.46. The van der Waals surface area contributed by atoms with E-state index in [1.54, 1.807) is 18.2 Å². The summed E-state index contributed by atoms with van der Waals surface area (Å²) in [6.07, 6.45) is 3.16. The molecule has 0 bridgehead atoms. The van der Waals surface area contributed by atoms with Gasteiger partial charge in [0.15, 0.2) is 0 Å². The Morgan fingerprint density at radius 3 is 1.95 bits per heavy atom. The average Bonchev–Trinajstić information content (AvgIpc) is 2.36. The fraction of sp³-hybridized carbons (Fsp3) is 0. The minimum absolute atomic E-state index is 0.00560. The summed E-state index contributed by atoms with van der Waals surface area (Å²) in [6.45, 7) is 0. The molecule has 5 heteroatoms. The normalized spacial score (nSPS) is 10.8. The number of nitro benzene ring substituents is 1. The van der Waals surface area contributed by atoms with E-state index in [-0.39, 0.29) is 5.69 Å². The lowest BCUT2D eigenvalue weighted by Crippen LogP contribution is -1.86. The van der Waals surface area contributed by atoms with Crippen LogP contribution >= 0.6 is 0 Å². The highest BCUT2D eigenvalue weighted by Gasteiger charge is 2.02. The quantitative estimate of drug-likeness (QED) is 0.475. The van der Waals surface area contributed by atoms with Crippen LogP contribution in [-0.4, -0.2) is 4.92 Å². The van der Waals surface area contributed by atoms with E-state index in [0.29, 0.717) is 11.1 Å². The zero-order valence-corrected chi connectivity index (χ0v) is 9.72. The van der Waals surface area contributed by atoms with Crippen LogP contribution in [0.2, 0.25) is 0 Å². The van der Waals surface area contributed by atoms with E-state index in [0.717, 1.165) is 6.07 Å². The van der Waals surface area contributed by atoms with Crippen LogP contribution in [0.5, 0.6) is 0 Å². The summed E-state index contributed by atoms with van der Waals surface area (Å²) in [5.41, 5.74) is 1.08. The van der Waals surface area contributed by atoms with E-state index in [4.69, 9.17) is 0 Å². The maximum Gasteiger partial charge on any atom is 0.269 e. The zero-order valence-electron chi connectivity index (χ0n) is 9.72. The predicted octanol–water partition coefficient (Wildman–Crippen LogP) is 4.04. The number of hydrogen-bond donors (Lipinski definition) is 0. The summed E-state index contributed by atoms with van der Waals surface area (Å²) in [5.74, 6) is -1.30. The lowest BCUT2D eigenvalue weighted by molar-refractivity contribution is -0.384. The first-order valence-electron chi connectivity index (χ1n) is 5.43. The van der Waals surface area contributed by atoms with Crippen LogP contribution < -0.4 is 0 Å². The largest absolute Gasteiger partial charge is 0.269 e. The molecule has 2 aromatic rings. The molecule has 0 radical (unpaired) electrons. The lowest BCUT2D eigenvalue weighted by atomic mass is 10.1. The molecule has 2 rings (SSSR count). The highest BCUT2D eigenvalue weighted by molar-refractivity contribution is 5.70. The van der Waals surface area contributed by atoms with Crippen LogP contribution in [-0.2, 0) is 0 Å². The first-order chi connectivity index (χ1) is 9.04. The van der Waals surface area contributed by atoms with Gasteiger partial charge in [0.25, 0.3) is 5.69 Å². The number of hydrogen-bond acceptors (Lipinski definition) is 2. The second kappa shape index (κ2) is 5.39. The van der Waals surface area contributed by atoms with Gasteiger partial charge in [0, 0.05) is 18.2 Å². The second-order valence-corrected chi connectivity index (χ2v) is 3.88. The van der Waals surface area contributed by atoms with Crippen molar-refractivity contribution in [2.75, 3.05) is 0 Å². The molecule has 0 aliphatic carbocycles. The number of benzene rings is 2. The van der Waals surface area contributed by atoms with Gasteiger partial charge in [0.05, 0.1) is 4.92 Å². The van der Waals surface area contributed by atoms with E-state index in [1.807, 2.05) is 0 Å². The SMILES string of the molecule is O=[N+]([O-])c1ccc(C=Cc2cc(F)cc(F)c2)cc1. The van der Waals surface area contributed by atoms with Gasteiger partial charge in [-0.15, -0.1) is 0 Å². The molecule has 0 saturated carbocycles. The van der Waals surface area contributed by atoms with Gasteiger partial charge < -0.3 is 0 Å². The Bertz CT molecular complexity index is 616. The molecule has 19 heavy (non-hydrogen) atoms. The van der Waals surface area contributed by atoms with Crippen LogP contribution in [0.1, 0.15) is 11.1 Å². The first-order valence-corrected chi connectivity index (χ1v) is 5.43. The summed E-state index contributed by atoms with van der Waals surface area (Å²) < 4.78 is 25.9. The van der Waals surface area contributed by atoms with Crippen molar-refractivity contribution in [1.29, 1.82) is 0 Å². The van der Waals surface area contributed by atoms with E-state index in [9.17, 15) is 18.9 Å². The third kappa shape index (κ3) is 3.45. The van der Waals surface area contributed by atoms with Crippen LogP contribution in [0.25, 0.3) is 12.2 Å². The smallest absolute Gasteiger partial charge is 0.258 e. The molecule has 0 amide bonds. The number of nitro groups is 1. The van der Waals surface area contributed by atoms with Crippen LogP contribution in [0, 0.1) is 21.7 Å². The van der Waals surface area contributed by atoms with E-state index in [2.05, 4.69) is 0 Å². The zero-order chi connectivity index (χ0) is 13.8. The van der Waals surface area contributed by atoms with Crippen molar-refractivity contribution in [3.63, 3.8) is 0 Å².